The zero-order valence-electron chi connectivity index (χ0n) is 18.5. The van der Waals surface area contributed by atoms with Gasteiger partial charge in [0, 0.05) is 55.6 Å². The topological polar surface area (TPSA) is 82.2 Å². The van der Waals surface area contributed by atoms with Gasteiger partial charge < -0.3 is 20.9 Å². The van der Waals surface area contributed by atoms with E-state index in [0.717, 1.165) is 44.7 Å². The van der Waals surface area contributed by atoms with E-state index in [1.54, 1.807) is 13.4 Å². The molecule has 7 nitrogen and oxygen atoms in total. The van der Waals surface area contributed by atoms with E-state index in [1.165, 1.54) is 34.5 Å². The minimum absolute atomic E-state index is 0.0142. The first-order chi connectivity index (χ1) is 15.1. The molecule has 3 heterocycles. The van der Waals surface area contributed by atoms with Crippen molar-refractivity contribution in [3.05, 3.63) is 46.9 Å². The molecule has 164 valence electrons. The van der Waals surface area contributed by atoms with E-state index < -0.39 is 0 Å². The number of aromatic nitrogens is 2. The Labute approximate surface area is 184 Å². The lowest BCUT2D eigenvalue weighted by atomic mass is 9.72. The van der Waals surface area contributed by atoms with Crippen molar-refractivity contribution in [3.63, 3.8) is 0 Å². The molecule has 1 atom stereocenters. The highest BCUT2D eigenvalue weighted by Gasteiger charge is 2.43. The zero-order valence-corrected chi connectivity index (χ0v) is 18.5. The summed E-state index contributed by atoms with van der Waals surface area (Å²) in [5.74, 6) is 1.73. The SMILES string of the molecule is CNC(=O)CNCc1cccc2c1C1(CCN(c3ncnc4c3C(C)CC4)CC1)CN2. The van der Waals surface area contributed by atoms with Crippen LogP contribution < -0.4 is 20.9 Å². The van der Waals surface area contributed by atoms with Crippen LogP contribution in [0.3, 0.4) is 0 Å². The third kappa shape index (κ3) is 3.55. The Kier molecular flexibility index (Phi) is 5.30. The summed E-state index contributed by atoms with van der Waals surface area (Å²) in [6.45, 7) is 6.36. The van der Waals surface area contributed by atoms with Gasteiger partial charge in [-0.25, -0.2) is 9.97 Å². The molecule has 7 heteroatoms. The fourth-order valence-corrected chi connectivity index (χ4v) is 5.72. The number of carbonyl (C=O) groups excluding carboxylic acids is 1. The number of aryl methyl sites for hydroxylation is 1. The maximum Gasteiger partial charge on any atom is 0.233 e. The zero-order chi connectivity index (χ0) is 21.4. The standard InChI is InChI=1S/C24H32N6O/c1-16-6-7-18-21(16)23(29-15-28-18)30-10-8-24(9-11-30)14-27-19-5-3-4-17(22(19)24)12-26-13-20(31)25-2/h3-5,15-16,26-27H,6-14H2,1-2H3,(H,25,31). The van der Waals surface area contributed by atoms with Crippen molar-refractivity contribution >= 4 is 17.4 Å². The maximum atomic E-state index is 11.6. The van der Waals surface area contributed by atoms with Crippen LogP contribution >= 0.6 is 0 Å². The molecule has 1 aromatic heterocycles. The van der Waals surface area contributed by atoms with E-state index in [9.17, 15) is 4.79 Å². The quantitative estimate of drug-likeness (QED) is 0.689. The largest absolute Gasteiger partial charge is 0.384 e. The molecule has 1 amide bonds. The molecule has 0 saturated carbocycles. The van der Waals surface area contributed by atoms with E-state index in [1.807, 2.05) is 0 Å². The first-order valence-electron chi connectivity index (χ1n) is 11.5. The van der Waals surface area contributed by atoms with Gasteiger partial charge in [0.2, 0.25) is 5.91 Å². The Morgan fingerprint density at radius 1 is 1.29 bits per heavy atom. The summed E-state index contributed by atoms with van der Waals surface area (Å²) >= 11 is 0. The normalized spacial score (nSPS) is 21.0. The molecule has 1 spiro atoms. The van der Waals surface area contributed by atoms with Crippen LogP contribution in [0, 0.1) is 0 Å². The predicted octanol–water partition coefficient (Wildman–Crippen LogP) is 2.33. The molecule has 2 aliphatic heterocycles. The lowest BCUT2D eigenvalue weighted by Gasteiger charge is -2.41. The van der Waals surface area contributed by atoms with Gasteiger partial charge in [0.25, 0.3) is 0 Å². The van der Waals surface area contributed by atoms with Crippen LogP contribution in [-0.2, 0) is 23.2 Å². The summed E-state index contributed by atoms with van der Waals surface area (Å²) in [6, 6.07) is 6.51. The fraction of sp³-hybridized carbons (Fsp3) is 0.542. The predicted molar refractivity (Wildman–Crippen MR) is 123 cm³/mol. The van der Waals surface area contributed by atoms with Crippen LogP contribution in [0.25, 0.3) is 0 Å². The second kappa shape index (κ2) is 8.11. The molecule has 2 aromatic rings. The smallest absolute Gasteiger partial charge is 0.233 e. The molecule has 1 saturated heterocycles. The molecule has 31 heavy (non-hydrogen) atoms. The molecule has 0 radical (unpaired) electrons. The average molecular weight is 421 g/mol. The molecule has 1 fully saturated rings. The molecule has 1 aliphatic carbocycles. The van der Waals surface area contributed by atoms with Crippen LogP contribution in [0.4, 0.5) is 11.5 Å². The van der Waals surface area contributed by atoms with E-state index in [-0.39, 0.29) is 11.3 Å². The lowest BCUT2D eigenvalue weighted by Crippen LogP contribution is -2.45. The number of hydrogen-bond acceptors (Lipinski definition) is 6. The molecular weight excluding hydrogens is 388 g/mol. The number of rotatable bonds is 5. The van der Waals surface area contributed by atoms with Gasteiger partial charge in [-0.1, -0.05) is 19.1 Å². The molecule has 5 rings (SSSR count). The monoisotopic (exact) mass is 420 g/mol. The summed E-state index contributed by atoms with van der Waals surface area (Å²) in [5.41, 5.74) is 6.78. The third-order valence-electron chi connectivity index (χ3n) is 7.45. The number of anilines is 2. The van der Waals surface area contributed by atoms with E-state index in [0.29, 0.717) is 19.0 Å². The van der Waals surface area contributed by atoms with Crippen LogP contribution in [0.1, 0.15) is 54.5 Å². The van der Waals surface area contributed by atoms with Crippen molar-refractivity contribution in [2.75, 3.05) is 43.4 Å². The Bertz CT molecular complexity index is 982. The molecule has 3 aliphatic rings. The van der Waals surface area contributed by atoms with Crippen molar-refractivity contribution in [1.82, 2.24) is 20.6 Å². The Morgan fingerprint density at radius 2 is 2.13 bits per heavy atom. The number of benzene rings is 1. The van der Waals surface area contributed by atoms with Crippen molar-refractivity contribution < 1.29 is 4.79 Å². The molecule has 1 aromatic carbocycles. The van der Waals surface area contributed by atoms with Crippen molar-refractivity contribution in [2.45, 2.75) is 50.5 Å². The minimum Gasteiger partial charge on any atom is -0.384 e. The van der Waals surface area contributed by atoms with Crippen LogP contribution in [-0.4, -0.2) is 49.1 Å². The number of nitrogens with one attached hydrogen (secondary N) is 3. The van der Waals surface area contributed by atoms with Crippen LogP contribution in [0.2, 0.25) is 0 Å². The van der Waals surface area contributed by atoms with Gasteiger partial charge in [0.1, 0.15) is 12.1 Å². The van der Waals surface area contributed by atoms with Crippen molar-refractivity contribution in [3.8, 4) is 0 Å². The second-order valence-electron chi connectivity index (χ2n) is 9.23. The highest BCUT2D eigenvalue weighted by atomic mass is 16.1. The Balaban J connectivity index is 1.35. The number of nitrogens with zero attached hydrogens (tertiary/aromatic N) is 3. The number of carbonyl (C=O) groups is 1. The number of fused-ring (bicyclic) bond motifs is 3. The highest BCUT2D eigenvalue weighted by molar-refractivity contribution is 5.77. The Morgan fingerprint density at radius 3 is 2.94 bits per heavy atom. The molecule has 0 bridgehead atoms. The van der Waals surface area contributed by atoms with Gasteiger partial charge in [0.15, 0.2) is 0 Å². The van der Waals surface area contributed by atoms with Gasteiger partial charge >= 0.3 is 0 Å². The van der Waals surface area contributed by atoms with E-state index >= 15 is 0 Å². The maximum absolute atomic E-state index is 11.6. The average Bonchev–Trinajstić information content (AvgIpc) is 3.36. The lowest BCUT2D eigenvalue weighted by molar-refractivity contribution is -0.119. The Hall–Kier alpha value is -2.67. The van der Waals surface area contributed by atoms with Crippen molar-refractivity contribution in [2.24, 2.45) is 0 Å². The number of hydrogen-bond donors (Lipinski definition) is 3. The number of amides is 1. The van der Waals surface area contributed by atoms with Gasteiger partial charge in [-0.05, 0) is 48.8 Å². The number of piperidine rings is 1. The van der Waals surface area contributed by atoms with E-state index in [4.69, 9.17) is 4.98 Å². The van der Waals surface area contributed by atoms with Crippen LogP contribution in [0.5, 0.6) is 0 Å². The first kappa shape index (κ1) is 20.2. The summed E-state index contributed by atoms with van der Waals surface area (Å²) in [4.78, 5) is 23.3. The molecular formula is C24H32N6O. The van der Waals surface area contributed by atoms with Crippen LogP contribution in [0.15, 0.2) is 24.5 Å². The van der Waals surface area contributed by atoms with E-state index in [2.05, 4.69) is 51.0 Å². The summed E-state index contributed by atoms with van der Waals surface area (Å²) in [5, 5.41) is 9.64. The fourth-order valence-electron chi connectivity index (χ4n) is 5.72. The molecule has 3 N–H and O–H groups in total. The van der Waals surface area contributed by atoms with Gasteiger partial charge in [-0.15, -0.1) is 0 Å². The summed E-state index contributed by atoms with van der Waals surface area (Å²) in [7, 11) is 1.67. The minimum atomic E-state index is 0.0142. The number of likely N-dealkylation sites (N-methyl/N-ethyl adjacent to an activating group) is 1. The molecule has 1 unspecified atom stereocenters. The van der Waals surface area contributed by atoms with Gasteiger partial charge in [-0.3, -0.25) is 4.79 Å². The highest BCUT2D eigenvalue weighted by Crippen LogP contribution is 2.47. The summed E-state index contributed by atoms with van der Waals surface area (Å²) in [6.07, 6.45) is 6.22. The summed E-state index contributed by atoms with van der Waals surface area (Å²) < 4.78 is 0. The first-order valence-corrected chi connectivity index (χ1v) is 11.5. The van der Waals surface area contributed by atoms with Gasteiger partial charge in [0.05, 0.1) is 6.54 Å². The van der Waals surface area contributed by atoms with Crippen molar-refractivity contribution in [1.29, 1.82) is 0 Å². The third-order valence-corrected chi connectivity index (χ3v) is 7.45. The second-order valence-corrected chi connectivity index (χ2v) is 9.23. The van der Waals surface area contributed by atoms with Gasteiger partial charge in [-0.2, -0.15) is 0 Å².